The molecule has 1 atom stereocenters. The number of hydrogen-bond acceptors (Lipinski definition) is 3. The van der Waals surface area contributed by atoms with Crippen molar-refractivity contribution in [3.8, 4) is 0 Å². The molecule has 1 heterocycles. The van der Waals surface area contributed by atoms with Crippen LogP contribution >= 0.6 is 11.3 Å². The van der Waals surface area contributed by atoms with Gasteiger partial charge in [0.15, 0.2) is 0 Å². The van der Waals surface area contributed by atoms with Gasteiger partial charge in [-0.05, 0) is 36.3 Å². The lowest BCUT2D eigenvalue weighted by Gasteiger charge is -2.18. The van der Waals surface area contributed by atoms with E-state index in [1.165, 1.54) is 11.3 Å². The summed E-state index contributed by atoms with van der Waals surface area (Å²) in [7, 11) is 1.79. The molecule has 4 heteroatoms. The lowest BCUT2D eigenvalue weighted by Crippen LogP contribution is -2.29. The van der Waals surface area contributed by atoms with E-state index in [1.807, 2.05) is 11.4 Å². The highest BCUT2D eigenvalue weighted by molar-refractivity contribution is 7.12. The van der Waals surface area contributed by atoms with Crippen molar-refractivity contribution < 1.29 is 9.90 Å². The third-order valence-corrected chi connectivity index (χ3v) is 3.66. The van der Waals surface area contributed by atoms with Crippen LogP contribution in [-0.2, 0) is 0 Å². The van der Waals surface area contributed by atoms with E-state index in [-0.39, 0.29) is 12.0 Å². The largest absolute Gasteiger partial charge is 0.393 e. The van der Waals surface area contributed by atoms with Gasteiger partial charge in [0, 0.05) is 13.6 Å². The van der Waals surface area contributed by atoms with Crippen LogP contribution in [-0.4, -0.2) is 35.6 Å². The van der Waals surface area contributed by atoms with Gasteiger partial charge in [-0.1, -0.05) is 13.8 Å². The van der Waals surface area contributed by atoms with Gasteiger partial charge in [0.2, 0.25) is 0 Å². The van der Waals surface area contributed by atoms with Crippen LogP contribution in [0, 0.1) is 0 Å². The second kappa shape index (κ2) is 6.17. The van der Waals surface area contributed by atoms with Crippen molar-refractivity contribution in [2.24, 2.45) is 0 Å². The van der Waals surface area contributed by atoms with Crippen LogP contribution in [0.2, 0.25) is 0 Å². The van der Waals surface area contributed by atoms with E-state index in [0.29, 0.717) is 18.9 Å². The Labute approximate surface area is 107 Å². The monoisotopic (exact) mass is 255 g/mol. The van der Waals surface area contributed by atoms with Crippen molar-refractivity contribution in [1.29, 1.82) is 0 Å². The maximum Gasteiger partial charge on any atom is 0.263 e. The van der Waals surface area contributed by atoms with Crippen LogP contribution in [0.5, 0.6) is 0 Å². The summed E-state index contributed by atoms with van der Waals surface area (Å²) in [5.41, 5.74) is 1.11. The van der Waals surface area contributed by atoms with Crippen LogP contribution < -0.4 is 0 Å². The molecule has 1 N–H and O–H groups in total. The van der Waals surface area contributed by atoms with Gasteiger partial charge >= 0.3 is 0 Å². The predicted octanol–water partition coefficient (Wildman–Crippen LogP) is 2.71. The number of aliphatic hydroxyl groups excluding tert-OH is 1. The van der Waals surface area contributed by atoms with Gasteiger partial charge in [-0.2, -0.15) is 0 Å². The van der Waals surface area contributed by atoms with Gasteiger partial charge in [0.05, 0.1) is 11.0 Å². The van der Waals surface area contributed by atoms with E-state index in [0.717, 1.165) is 10.4 Å². The topological polar surface area (TPSA) is 40.5 Å². The minimum atomic E-state index is -0.363. The predicted molar refractivity (Wildman–Crippen MR) is 71.7 cm³/mol. The van der Waals surface area contributed by atoms with Crippen LogP contribution in [0.25, 0.3) is 0 Å². The second-order valence-electron chi connectivity index (χ2n) is 4.72. The van der Waals surface area contributed by atoms with Crippen LogP contribution in [0.3, 0.4) is 0 Å². The summed E-state index contributed by atoms with van der Waals surface area (Å²) in [6.07, 6.45) is 0.253. The Morgan fingerprint density at radius 1 is 1.47 bits per heavy atom. The van der Waals surface area contributed by atoms with E-state index in [1.54, 1.807) is 18.9 Å². The zero-order valence-corrected chi connectivity index (χ0v) is 11.8. The molecule has 0 spiro atoms. The molecule has 0 bridgehead atoms. The molecule has 17 heavy (non-hydrogen) atoms. The Balaban J connectivity index is 2.71. The standard InChI is InChI=1S/C13H21NO2S/c1-9(2)11-6-8-17-12(11)13(16)14(4)7-5-10(3)15/h6,8-10,15H,5,7H2,1-4H3. The number of carbonyl (C=O) groups is 1. The van der Waals surface area contributed by atoms with Gasteiger partial charge in [-0.3, -0.25) is 4.79 Å². The molecule has 1 aromatic rings. The first-order valence-corrected chi connectivity index (χ1v) is 6.82. The SMILES string of the molecule is CC(O)CCN(C)C(=O)c1sccc1C(C)C. The highest BCUT2D eigenvalue weighted by atomic mass is 32.1. The molecule has 1 rings (SSSR count). The fraction of sp³-hybridized carbons (Fsp3) is 0.615. The molecule has 0 aliphatic heterocycles. The normalized spacial score (nSPS) is 12.8. The van der Waals surface area contributed by atoms with Gasteiger partial charge in [0.25, 0.3) is 5.91 Å². The molecule has 0 aliphatic rings. The molecule has 1 unspecified atom stereocenters. The van der Waals surface area contributed by atoms with Crippen molar-refractivity contribution in [3.05, 3.63) is 21.9 Å². The minimum absolute atomic E-state index is 0.0596. The number of nitrogens with zero attached hydrogens (tertiary/aromatic N) is 1. The van der Waals surface area contributed by atoms with E-state index >= 15 is 0 Å². The highest BCUT2D eigenvalue weighted by Crippen LogP contribution is 2.25. The lowest BCUT2D eigenvalue weighted by molar-refractivity contribution is 0.0772. The number of aliphatic hydroxyl groups is 1. The van der Waals surface area contributed by atoms with Crippen molar-refractivity contribution in [3.63, 3.8) is 0 Å². The summed E-state index contributed by atoms with van der Waals surface area (Å²) in [6.45, 7) is 6.51. The Kier molecular flexibility index (Phi) is 5.15. The van der Waals surface area contributed by atoms with Crippen molar-refractivity contribution in [2.75, 3.05) is 13.6 Å². The highest BCUT2D eigenvalue weighted by Gasteiger charge is 2.18. The molecule has 1 aromatic heterocycles. The third-order valence-electron chi connectivity index (χ3n) is 2.74. The van der Waals surface area contributed by atoms with Crippen LogP contribution in [0.4, 0.5) is 0 Å². The number of rotatable bonds is 5. The fourth-order valence-electron chi connectivity index (χ4n) is 1.60. The van der Waals surface area contributed by atoms with Crippen molar-refractivity contribution in [2.45, 2.75) is 39.2 Å². The van der Waals surface area contributed by atoms with Crippen LogP contribution in [0.15, 0.2) is 11.4 Å². The number of thiophene rings is 1. The Morgan fingerprint density at radius 2 is 2.12 bits per heavy atom. The maximum atomic E-state index is 12.2. The van der Waals surface area contributed by atoms with Crippen molar-refractivity contribution in [1.82, 2.24) is 4.90 Å². The second-order valence-corrected chi connectivity index (χ2v) is 5.64. The van der Waals surface area contributed by atoms with E-state index in [2.05, 4.69) is 13.8 Å². The molecule has 96 valence electrons. The summed E-state index contributed by atoms with van der Waals surface area (Å²) in [5.74, 6) is 0.426. The zero-order chi connectivity index (χ0) is 13.0. The van der Waals surface area contributed by atoms with Gasteiger partial charge in [-0.15, -0.1) is 11.3 Å². The average molecular weight is 255 g/mol. The molecule has 0 aliphatic carbocycles. The van der Waals surface area contributed by atoms with Gasteiger partial charge in [0.1, 0.15) is 0 Å². The quantitative estimate of drug-likeness (QED) is 0.879. The first-order valence-electron chi connectivity index (χ1n) is 5.94. The van der Waals surface area contributed by atoms with E-state index < -0.39 is 0 Å². The van der Waals surface area contributed by atoms with Gasteiger partial charge in [-0.25, -0.2) is 0 Å². The average Bonchev–Trinajstić information content (AvgIpc) is 2.73. The summed E-state index contributed by atoms with van der Waals surface area (Å²) >= 11 is 1.49. The van der Waals surface area contributed by atoms with Crippen molar-refractivity contribution >= 4 is 17.2 Å². The van der Waals surface area contributed by atoms with E-state index in [4.69, 9.17) is 0 Å². The zero-order valence-electron chi connectivity index (χ0n) is 10.9. The summed E-state index contributed by atoms with van der Waals surface area (Å²) in [5, 5.41) is 11.2. The molecule has 1 amide bonds. The molecule has 0 saturated heterocycles. The molecular formula is C13H21NO2S. The number of amides is 1. The van der Waals surface area contributed by atoms with Gasteiger partial charge < -0.3 is 10.0 Å². The first kappa shape index (κ1) is 14.2. The first-order chi connectivity index (χ1) is 7.93. The summed E-state index contributed by atoms with van der Waals surface area (Å²) in [6, 6.07) is 2.02. The van der Waals surface area contributed by atoms with E-state index in [9.17, 15) is 9.90 Å². The molecule has 3 nitrogen and oxygen atoms in total. The minimum Gasteiger partial charge on any atom is -0.393 e. The summed E-state index contributed by atoms with van der Waals surface area (Å²) in [4.78, 5) is 14.7. The molecule has 0 saturated carbocycles. The molecular weight excluding hydrogens is 234 g/mol. The molecule has 0 fully saturated rings. The number of carbonyl (C=O) groups excluding carboxylic acids is 1. The Hall–Kier alpha value is -0.870. The molecule has 0 aromatic carbocycles. The van der Waals surface area contributed by atoms with Crippen LogP contribution in [0.1, 0.15) is 48.3 Å². The lowest BCUT2D eigenvalue weighted by atomic mass is 10.0. The summed E-state index contributed by atoms with van der Waals surface area (Å²) < 4.78 is 0. The number of hydrogen-bond donors (Lipinski definition) is 1. The third kappa shape index (κ3) is 3.82. The maximum absolute atomic E-state index is 12.2. The fourth-order valence-corrected chi connectivity index (χ4v) is 2.65. The Morgan fingerprint density at radius 3 is 2.65 bits per heavy atom. The molecule has 0 radical (unpaired) electrons. The smallest absolute Gasteiger partial charge is 0.263 e. The Bertz CT molecular complexity index is 371.